The van der Waals surface area contributed by atoms with Crippen molar-refractivity contribution in [1.29, 1.82) is 0 Å². The molecule has 0 bridgehead atoms. The summed E-state index contributed by atoms with van der Waals surface area (Å²) in [4.78, 5) is 23.8. The Morgan fingerprint density at radius 1 is 0.553 bits per heavy atom. The fraction of sp³-hybridized carbons (Fsp3) is 0.200. The van der Waals surface area contributed by atoms with E-state index >= 15 is 0 Å². The number of pyridine rings is 2. The maximum absolute atomic E-state index is 4.87. The second-order valence-corrected chi connectivity index (χ2v) is 9.75. The van der Waals surface area contributed by atoms with Gasteiger partial charge in [-0.1, -0.05) is 24.3 Å². The first-order valence-electron chi connectivity index (χ1n) is 12.9. The van der Waals surface area contributed by atoms with E-state index in [0.717, 1.165) is 82.7 Å². The molecule has 5 heterocycles. The van der Waals surface area contributed by atoms with E-state index in [4.69, 9.17) is 19.9 Å². The number of aryl methyl sites for hydroxylation is 2. The third-order valence-electron chi connectivity index (χ3n) is 7.51. The lowest BCUT2D eigenvalue weighted by molar-refractivity contribution is 0.642. The van der Waals surface area contributed by atoms with Gasteiger partial charge in [-0.3, -0.25) is 0 Å². The van der Waals surface area contributed by atoms with Gasteiger partial charge in [-0.25, -0.2) is 19.9 Å². The van der Waals surface area contributed by atoms with Gasteiger partial charge in [-0.15, -0.1) is 0 Å². The molecule has 1 fully saturated rings. The van der Waals surface area contributed by atoms with Crippen molar-refractivity contribution in [3.63, 3.8) is 0 Å². The van der Waals surface area contributed by atoms with E-state index < -0.39 is 0 Å². The number of imidazole rings is 2. The number of hydrogen-bond acceptors (Lipinski definition) is 6. The van der Waals surface area contributed by atoms with Gasteiger partial charge in [-0.05, 0) is 48.5 Å². The van der Waals surface area contributed by atoms with Crippen LogP contribution in [0.5, 0.6) is 0 Å². The van der Waals surface area contributed by atoms with Gasteiger partial charge in [0.05, 0.1) is 22.1 Å². The van der Waals surface area contributed by atoms with Crippen molar-refractivity contribution in [2.45, 2.75) is 0 Å². The van der Waals surface area contributed by atoms with Crippen LogP contribution in [0.1, 0.15) is 0 Å². The van der Waals surface area contributed by atoms with Gasteiger partial charge < -0.3 is 18.9 Å². The molecular formula is C30H28N8. The maximum Gasteiger partial charge on any atom is 0.141 e. The van der Waals surface area contributed by atoms with Gasteiger partial charge in [0.15, 0.2) is 0 Å². The number of benzene rings is 2. The van der Waals surface area contributed by atoms with Crippen LogP contribution in [0.3, 0.4) is 0 Å². The smallest absolute Gasteiger partial charge is 0.141 e. The van der Waals surface area contributed by atoms with Crippen LogP contribution in [-0.2, 0) is 14.1 Å². The third-order valence-corrected chi connectivity index (χ3v) is 7.51. The highest BCUT2D eigenvalue weighted by atomic mass is 15.3. The molecule has 188 valence electrons. The van der Waals surface area contributed by atoms with Gasteiger partial charge in [0.1, 0.15) is 23.3 Å². The van der Waals surface area contributed by atoms with E-state index in [1.807, 2.05) is 48.8 Å². The minimum atomic E-state index is 0.872. The van der Waals surface area contributed by atoms with Crippen LogP contribution in [0.25, 0.3) is 44.8 Å². The van der Waals surface area contributed by atoms with Crippen LogP contribution in [-0.4, -0.2) is 55.2 Å². The number of hydrogen-bond donors (Lipinski definition) is 0. The monoisotopic (exact) mass is 500 g/mol. The first-order valence-corrected chi connectivity index (χ1v) is 12.9. The number of nitrogens with zero attached hydrogens (tertiary/aromatic N) is 8. The van der Waals surface area contributed by atoms with Gasteiger partial charge in [0, 0.05) is 63.8 Å². The molecule has 4 aromatic heterocycles. The van der Waals surface area contributed by atoms with Gasteiger partial charge in [0.2, 0.25) is 0 Å². The molecule has 6 aromatic rings. The molecule has 0 unspecified atom stereocenters. The molecule has 1 aliphatic rings. The zero-order chi connectivity index (χ0) is 25.6. The largest absolute Gasteiger partial charge is 0.353 e. The quantitative estimate of drug-likeness (QED) is 0.343. The maximum atomic E-state index is 4.87. The van der Waals surface area contributed by atoms with Crippen molar-refractivity contribution in [1.82, 2.24) is 29.1 Å². The van der Waals surface area contributed by atoms with E-state index in [2.05, 4.69) is 69.4 Å². The second-order valence-electron chi connectivity index (χ2n) is 9.75. The van der Waals surface area contributed by atoms with Crippen LogP contribution < -0.4 is 9.80 Å². The lowest BCUT2D eigenvalue weighted by Gasteiger charge is -2.36. The minimum absolute atomic E-state index is 0.872. The Morgan fingerprint density at radius 2 is 0.974 bits per heavy atom. The fourth-order valence-electron chi connectivity index (χ4n) is 5.43. The predicted octanol–water partition coefficient (Wildman–Crippen LogP) is 4.91. The molecule has 0 atom stereocenters. The fourth-order valence-corrected chi connectivity index (χ4v) is 5.43. The van der Waals surface area contributed by atoms with Crippen LogP contribution >= 0.6 is 0 Å². The highest BCUT2D eigenvalue weighted by Gasteiger charge is 2.21. The number of fused-ring (bicyclic) bond motifs is 2. The lowest BCUT2D eigenvalue weighted by atomic mass is 10.2. The van der Waals surface area contributed by atoms with Crippen LogP contribution in [0.15, 0.2) is 85.2 Å². The van der Waals surface area contributed by atoms with Crippen molar-refractivity contribution >= 4 is 33.7 Å². The molecule has 1 saturated heterocycles. The Hall–Kier alpha value is -4.72. The average Bonchev–Trinajstić information content (AvgIpc) is 3.50. The summed E-state index contributed by atoms with van der Waals surface area (Å²) in [6.07, 6.45) is 3.77. The summed E-state index contributed by atoms with van der Waals surface area (Å²) in [5.74, 6) is 3.87. The second kappa shape index (κ2) is 8.99. The van der Waals surface area contributed by atoms with Gasteiger partial charge >= 0.3 is 0 Å². The Bertz CT molecular complexity index is 1640. The number of anilines is 2. The van der Waals surface area contributed by atoms with E-state index in [1.165, 1.54) is 0 Å². The Labute approximate surface area is 220 Å². The normalized spacial score (nSPS) is 14.1. The molecule has 8 nitrogen and oxygen atoms in total. The van der Waals surface area contributed by atoms with Crippen molar-refractivity contribution < 1.29 is 0 Å². The summed E-state index contributed by atoms with van der Waals surface area (Å²) >= 11 is 0. The van der Waals surface area contributed by atoms with Gasteiger partial charge in [-0.2, -0.15) is 0 Å². The van der Waals surface area contributed by atoms with Crippen molar-refractivity contribution in [2.24, 2.45) is 14.1 Å². The molecular weight excluding hydrogens is 472 g/mol. The summed E-state index contributed by atoms with van der Waals surface area (Å²) in [5, 5.41) is 0. The lowest BCUT2D eigenvalue weighted by Crippen LogP contribution is -2.47. The van der Waals surface area contributed by atoms with E-state index in [0.29, 0.717) is 0 Å². The molecule has 0 N–H and O–H groups in total. The molecule has 0 radical (unpaired) electrons. The Kier molecular flexibility index (Phi) is 5.32. The summed E-state index contributed by atoms with van der Waals surface area (Å²) < 4.78 is 4.30. The zero-order valence-corrected chi connectivity index (χ0v) is 21.5. The number of rotatable bonds is 4. The SMILES string of the molecule is Cn1c(-c2ccnc(N3CCN(c4cc(-c5nc6ccccc6n5C)ccn4)CC3)c2)nc2ccccc21. The van der Waals surface area contributed by atoms with Crippen molar-refractivity contribution in [2.75, 3.05) is 36.0 Å². The van der Waals surface area contributed by atoms with E-state index in [9.17, 15) is 0 Å². The molecule has 2 aromatic carbocycles. The summed E-state index contributed by atoms with van der Waals surface area (Å²) in [6.45, 7) is 3.49. The number of para-hydroxylation sites is 4. The van der Waals surface area contributed by atoms with Crippen molar-refractivity contribution in [3.05, 3.63) is 85.2 Å². The van der Waals surface area contributed by atoms with Crippen molar-refractivity contribution in [3.8, 4) is 22.8 Å². The zero-order valence-electron chi connectivity index (χ0n) is 21.5. The molecule has 0 aliphatic carbocycles. The minimum Gasteiger partial charge on any atom is -0.353 e. The molecule has 38 heavy (non-hydrogen) atoms. The van der Waals surface area contributed by atoms with Crippen LogP contribution in [0, 0.1) is 0 Å². The van der Waals surface area contributed by atoms with E-state index in [1.54, 1.807) is 0 Å². The van der Waals surface area contributed by atoms with E-state index in [-0.39, 0.29) is 0 Å². The summed E-state index contributed by atoms with van der Waals surface area (Å²) in [5.41, 5.74) is 6.42. The van der Waals surface area contributed by atoms with Gasteiger partial charge in [0.25, 0.3) is 0 Å². The summed E-state index contributed by atoms with van der Waals surface area (Å²) in [7, 11) is 4.14. The molecule has 0 saturated carbocycles. The van der Waals surface area contributed by atoms with Crippen LogP contribution in [0.2, 0.25) is 0 Å². The Balaban J connectivity index is 1.10. The number of piperazine rings is 1. The highest BCUT2D eigenvalue weighted by Crippen LogP contribution is 2.28. The number of aromatic nitrogens is 6. The predicted molar refractivity (Wildman–Crippen MR) is 152 cm³/mol. The third kappa shape index (κ3) is 3.76. The first kappa shape index (κ1) is 22.5. The highest BCUT2D eigenvalue weighted by molar-refractivity contribution is 5.82. The molecule has 7 rings (SSSR count). The molecule has 8 heteroatoms. The molecule has 0 spiro atoms. The average molecular weight is 501 g/mol. The first-order chi connectivity index (χ1) is 18.7. The topological polar surface area (TPSA) is 67.9 Å². The molecule has 1 aliphatic heterocycles. The van der Waals surface area contributed by atoms with Crippen LogP contribution in [0.4, 0.5) is 11.6 Å². The molecule has 0 amide bonds. The standard InChI is InChI=1S/C30H28N8/c1-35-25-9-5-3-7-23(25)33-29(35)21-11-13-31-27(19-21)37-15-17-38(18-16-37)28-20-22(12-14-32-28)30-34-24-8-4-6-10-26(24)36(30)2/h3-14,19-20H,15-18H2,1-2H3. The summed E-state index contributed by atoms with van der Waals surface area (Å²) in [6, 6.07) is 24.9. The Morgan fingerprint density at radius 3 is 1.39 bits per heavy atom.